The fraction of sp³-hybridized carbons (Fsp3) is 0.350. The van der Waals surface area contributed by atoms with Gasteiger partial charge in [-0.2, -0.15) is 0 Å². The molecule has 2 aromatic carbocycles. The highest BCUT2D eigenvalue weighted by Crippen LogP contribution is 2.18. The summed E-state index contributed by atoms with van der Waals surface area (Å²) in [6, 6.07) is 14.6. The molecular formula is C20H25NO3. The van der Waals surface area contributed by atoms with E-state index in [-0.39, 0.29) is 5.91 Å². The smallest absolute Gasteiger partial charge is 0.255 e. The Morgan fingerprint density at radius 1 is 1.04 bits per heavy atom. The zero-order valence-corrected chi connectivity index (χ0v) is 14.5. The van der Waals surface area contributed by atoms with Gasteiger partial charge in [0, 0.05) is 11.3 Å². The van der Waals surface area contributed by atoms with Crippen molar-refractivity contribution >= 4 is 11.6 Å². The number of amides is 1. The van der Waals surface area contributed by atoms with Crippen LogP contribution in [0, 0.1) is 5.92 Å². The van der Waals surface area contributed by atoms with Crippen LogP contribution >= 0.6 is 0 Å². The topological polar surface area (TPSA) is 47.6 Å². The zero-order valence-electron chi connectivity index (χ0n) is 14.5. The molecule has 0 atom stereocenters. The van der Waals surface area contributed by atoms with Gasteiger partial charge in [-0.25, -0.2) is 0 Å². The van der Waals surface area contributed by atoms with E-state index >= 15 is 0 Å². The maximum atomic E-state index is 12.4. The van der Waals surface area contributed by atoms with Gasteiger partial charge in [0.2, 0.25) is 0 Å². The van der Waals surface area contributed by atoms with Gasteiger partial charge in [0.25, 0.3) is 5.91 Å². The minimum atomic E-state index is -0.159. The van der Waals surface area contributed by atoms with Crippen LogP contribution in [0.4, 0.5) is 5.69 Å². The van der Waals surface area contributed by atoms with E-state index in [1.807, 2.05) is 43.3 Å². The molecule has 4 nitrogen and oxygen atoms in total. The molecule has 0 saturated heterocycles. The molecule has 0 radical (unpaired) electrons. The van der Waals surface area contributed by atoms with Crippen molar-refractivity contribution in [3.8, 4) is 11.5 Å². The number of nitrogens with one attached hydrogen (secondary N) is 1. The fourth-order valence-electron chi connectivity index (χ4n) is 2.14. The molecule has 0 unspecified atom stereocenters. The summed E-state index contributed by atoms with van der Waals surface area (Å²) in [5.74, 6) is 1.94. The Labute approximate surface area is 143 Å². The molecule has 0 heterocycles. The molecule has 1 N–H and O–H groups in total. The van der Waals surface area contributed by atoms with Crippen molar-refractivity contribution in [1.82, 2.24) is 0 Å². The number of carbonyl (C=O) groups excluding carboxylic acids is 1. The molecule has 0 saturated carbocycles. The summed E-state index contributed by atoms with van der Waals surface area (Å²) in [4.78, 5) is 12.4. The summed E-state index contributed by atoms with van der Waals surface area (Å²) < 4.78 is 11.1. The van der Waals surface area contributed by atoms with Crippen LogP contribution < -0.4 is 14.8 Å². The van der Waals surface area contributed by atoms with Gasteiger partial charge in [-0.15, -0.1) is 0 Å². The van der Waals surface area contributed by atoms with Crippen LogP contribution in [0.15, 0.2) is 48.5 Å². The van der Waals surface area contributed by atoms with E-state index in [1.54, 1.807) is 12.1 Å². The van der Waals surface area contributed by atoms with Gasteiger partial charge in [0.15, 0.2) is 0 Å². The number of ether oxygens (including phenoxy) is 2. The van der Waals surface area contributed by atoms with Crippen LogP contribution in [0.3, 0.4) is 0 Å². The number of rotatable bonds is 8. The molecule has 2 aromatic rings. The van der Waals surface area contributed by atoms with Crippen LogP contribution in [-0.2, 0) is 0 Å². The Hall–Kier alpha value is -2.49. The minimum absolute atomic E-state index is 0.159. The molecular weight excluding hydrogens is 302 g/mol. The van der Waals surface area contributed by atoms with Crippen LogP contribution in [0.1, 0.15) is 37.6 Å². The van der Waals surface area contributed by atoms with E-state index < -0.39 is 0 Å². The first kappa shape index (κ1) is 17.9. The van der Waals surface area contributed by atoms with Crippen molar-refractivity contribution in [3.05, 3.63) is 54.1 Å². The first-order valence-electron chi connectivity index (χ1n) is 8.35. The van der Waals surface area contributed by atoms with Gasteiger partial charge < -0.3 is 14.8 Å². The number of carbonyl (C=O) groups is 1. The predicted molar refractivity (Wildman–Crippen MR) is 97.0 cm³/mol. The molecule has 0 aromatic heterocycles. The van der Waals surface area contributed by atoms with E-state index in [4.69, 9.17) is 9.47 Å². The molecule has 0 aliphatic heterocycles. The number of hydrogen-bond acceptors (Lipinski definition) is 3. The third kappa shape index (κ3) is 5.61. The van der Waals surface area contributed by atoms with E-state index in [0.29, 0.717) is 24.7 Å². The van der Waals surface area contributed by atoms with E-state index in [2.05, 4.69) is 19.2 Å². The average Bonchev–Trinajstić information content (AvgIpc) is 2.57. The summed E-state index contributed by atoms with van der Waals surface area (Å²) in [5, 5.41) is 2.88. The summed E-state index contributed by atoms with van der Waals surface area (Å²) in [6.07, 6.45) is 0.989. The van der Waals surface area contributed by atoms with Crippen molar-refractivity contribution in [2.24, 2.45) is 5.92 Å². The van der Waals surface area contributed by atoms with Crippen molar-refractivity contribution < 1.29 is 14.3 Å². The first-order valence-corrected chi connectivity index (χ1v) is 8.35. The van der Waals surface area contributed by atoms with Gasteiger partial charge in [-0.1, -0.05) is 19.9 Å². The largest absolute Gasteiger partial charge is 0.494 e. The van der Waals surface area contributed by atoms with E-state index in [9.17, 15) is 4.79 Å². The standard InChI is InChI=1S/C20H25NO3/c1-4-23-18-10-8-17(9-11-18)21-20(22)16-6-5-7-19(14-16)24-13-12-15(2)3/h5-11,14-15H,4,12-13H2,1-3H3,(H,21,22). The highest BCUT2D eigenvalue weighted by Gasteiger charge is 2.08. The predicted octanol–water partition coefficient (Wildman–Crippen LogP) is 4.76. The lowest BCUT2D eigenvalue weighted by molar-refractivity contribution is 0.102. The molecule has 2 rings (SSSR count). The lowest BCUT2D eigenvalue weighted by atomic mass is 10.1. The third-order valence-corrected chi connectivity index (χ3v) is 3.48. The number of hydrogen-bond donors (Lipinski definition) is 1. The summed E-state index contributed by atoms with van der Waals surface area (Å²) >= 11 is 0. The Kier molecular flexibility index (Phi) is 6.67. The number of anilines is 1. The van der Waals surface area contributed by atoms with Crippen molar-refractivity contribution in [2.45, 2.75) is 27.2 Å². The van der Waals surface area contributed by atoms with Crippen molar-refractivity contribution in [1.29, 1.82) is 0 Å². The Bertz CT molecular complexity index is 650. The van der Waals surface area contributed by atoms with Crippen LogP contribution in [0.25, 0.3) is 0 Å². The van der Waals surface area contributed by atoms with Crippen molar-refractivity contribution in [2.75, 3.05) is 18.5 Å². The Morgan fingerprint density at radius 2 is 1.79 bits per heavy atom. The average molecular weight is 327 g/mol. The molecule has 1 amide bonds. The summed E-state index contributed by atoms with van der Waals surface area (Å²) in [7, 11) is 0. The normalized spacial score (nSPS) is 10.5. The highest BCUT2D eigenvalue weighted by molar-refractivity contribution is 6.04. The zero-order chi connectivity index (χ0) is 17.4. The van der Waals surface area contributed by atoms with Gasteiger partial charge >= 0.3 is 0 Å². The Balaban J connectivity index is 1.96. The molecule has 0 aliphatic carbocycles. The quantitative estimate of drug-likeness (QED) is 0.760. The second kappa shape index (κ2) is 8.96. The van der Waals surface area contributed by atoms with Gasteiger partial charge in [-0.05, 0) is 61.7 Å². The first-order chi connectivity index (χ1) is 11.6. The van der Waals surface area contributed by atoms with Crippen molar-refractivity contribution in [3.63, 3.8) is 0 Å². The summed E-state index contributed by atoms with van der Waals surface area (Å²) in [6.45, 7) is 7.52. The monoisotopic (exact) mass is 327 g/mol. The van der Waals surface area contributed by atoms with Gasteiger partial charge in [0.1, 0.15) is 11.5 Å². The van der Waals surface area contributed by atoms with Gasteiger partial charge in [0.05, 0.1) is 13.2 Å². The second-order valence-electron chi connectivity index (χ2n) is 5.97. The molecule has 0 fully saturated rings. The lowest BCUT2D eigenvalue weighted by Crippen LogP contribution is -2.12. The minimum Gasteiger partial charge on any atom is -0.494 e. The Morgan fingerprint density at radius 3 is 2.46 bits per heavy atom. The molecule has 0 spiro atoms. The number of benzene rings is 2. The van der Waals surface area contributed by atoms with E-state index in [1.165, 1.54) is 0 Å². The molecule has 4 heteroatoms. The van der Waals surface area contributed by atoms with Crippen LogP contribution in [0.2, 0.25) is 0 Å². The molecule has 24 heavy (non-hydrogen) atoms. The SMILES string of the molecule is CCOc1ccc(NC(=O)c2cccc(OCCC(C)C)c2)cc1. The van der Waals surface area contributed by atoms with Crippen LogP contribution in [0.5, 0.6) is 11.5 Å². The van der Waals surface area contributed by atoms with Gasteiger partial charge in [-0.3, -0.25) is 4.79 Å². The molecule has 0 bridgehead atoms. The molecule has 128 valence electrons. The van der Waals surface area contributed by atoms with Crippen LogP contribution in [-0.4, -0.2) is 19.1 Å². The second-order valence-corrected chi connectivity index (χ2v) is 5.97. The fourth-order valence-corrected chi connectivity index (χ4v) is 2.14. The lowest BCUT2D eigenvalue weighted by Gasteiger charge is -2.10. The maximum absolute atomic E-state index is 12.4. The van der Waals surface area contributed by atoms with E-state index in [0.717, 1.165) is 23.6 Å². The third-order valence-electron chi connectivity index (χ3n) is 3.48. The highest BCUT2D eigenvalue weighted by atomic mass is 16.5. The summed E-state index contributed by atoms with van der Waals surface area (Å²) in [5.41, 5.74) is 1.31. The maximum Gasteiger partial charge on any atom is 0.255 e. The molecule has 0 aliphatic rings.